The van der Waals surface area contributed by atoms with E-state index in [4.69, 9.17) is 10.5 Å². The number of fused-ring (bicyclic) bond motifs is 5. The Hall–Kier alpha value is -0.410. The number of rotatable bonds is 7. The number of aldehydes is 1. The first-order valence-electron chi connectivity index (χ1n) is 14.5. The van der Waals surface area contributed by atoms with E-state index >= 15 is 0 Å². The molecule has 4 aliphatic carbocycles. The summed E-state index contributed by atoms with van der Waals surface area (Å²) in [5, 5.41) is 0. The Balaban J connectivity index is 1.67. The molecule has 4 fully saturated rings. The summed E-state index contributed by atoms with van der Waals surface area (Å²) in [6.45, 7) is 21.9. The Kier molecular flexibility index (Phi) is 6.94. The maximum Gasteiger partial charge on any atom is 0.120 e. The van der Waals surface area contributed by atoms with Gasteiger partial charge in [0.15, 0.2) is 0 Å². The number of carbonyl (C=O) groups excluding carboxylic acids is 1. The maximum absolute atomic E-state index is 11.1. The summed E-state index contributed by atoms with van der Waals surface area (Å²) in [6, 6.07) is 0. The van der Waals surface area contributed by atoms with Crippen LogP contribution in [0.3, 0.4) is 0 Å². The van der Waals surface area contributed by atoms with Crippen molar-refractivity contribution >= 4 is 6.29 Å². The molecule has 0 bridgehead atoms. The first kappa shape index (κ1) is 26.6. The predicted octanol–water partition coefficient (Wildman–Crippen LogP) is 7.27. The van der Waals surface area contributed by atoms with E-state index in [1.54, 1.807) is 0 Å². The van der Waals surface area contributed by atoms with Crippen LogP contribution in [0.15, 0.2) is 0 Å². The minimum Gasteiger partial charge on any atom is -0.374 e. The SMILES string of the molecule is CC(CCC=O)C1CC[C@H]2[C@H]3[C@H](CC(C)(C)[C@]12C)[C@@]1(C)CCC(C)(OCCN)C[C@H]1CC3(C)C. The second-order valence-electron chi connectivity index (χ2n) is 15.2. The van der Waals surface area contributed by atoms with Crippen LogP contribution in [0.25, 0.3) is 0 Å². The van der Waals surface area contributed by atoms with Gasteiger partial charge in [0.1, 0.15) is 6.29 Å². The normalized spacial score (nSPS) is 47.9. The topological polar surface area (TPSA) is 52.3 Å². The smallest absolute Gasteiger partial charge is 0.120 e. The standard InChI is InChI=1S/C31H55NO2/c1-21(10-9-16-33)23-11-12-24-26-25(20-28(4,5)31(23,24)8)30(7)14-13-29(6,34-17-15-32)19-22(30)18-27(26,2)3/h16,21-26H,9-15,17-20,32H2,1-8H3/t21?,22-,23?,24+,25+,26+,29?,30+,31-/m1/s1. The van der Waals surface area contributed by atoms with Crippen LogP contribution >= 0.6 is 0 Å². The fraction of sp³-hybridized carbons (Fsp3) is 0.968. The molecule has 0 aromatic carbocycles. The van der Waals surface area contributed by atoms with Gasteiger partial charge in [-0.15, -0.1) is 0 Å². The van der Waals surface area contributed by atoms with Crippen molar-refractivity contribution in [2.45, 2.75) is 119 Å². The molecule has 3 unspecified atom stereocenters. The van der Waals surface area contributed by atoms with Crippen molar-refractivity contribution in [3.8, 4) is 0 Å². The molecular formula is C31H55NO2. The van der Waals surface area contributed by atoms with Crippen LogP contribution in [-0.2, 0) is 9.53 Å². The van der Waals surface area contributed by atoms with Crippen molar-refractivity contribution in [3.63, 3.8) is 0 Å². The summed E-state index contributed by atoms with van der Waals surface area (Å²) in [6.07, 6.45) is 12.0. The van der Waals surface area contributed by atoms with Crippen molar-refractivity contribution in [2.75, 3.05) is 13.2 Å². The van der Waals surface area contributed by atoms with E-state index in [9.17, 15) is 4.79 Å². The molecule has 3 nitrogen and oxygen atoms in total. The maximum atomic E-state index is 11.1. The number of ether oxygens (including phenoxy) is 1. The third-order valence-corrected chi connectivity index (χ3v) is 12.7. The highest BCUT2D eigenvalue weighted by Crippen LogP contribution is 2.76. The van der Waals surface area contributed by atoms with E-state index in [1.165, 1.54) is 44.9 Å². The van der Waals surface area contributed by atoms with Gasteiger partial charge in [-0.3, -0.25) is 0 Å². The number of hydrogen-bond acceptors (Lipinski definition) is 3. The molecule has 9 atom stereocenters. The van der Waals surface area contributed by atoms with E-state index in [1.807, 2.05) is 0 Å². The fourth-order valence-electron chi connectivity index (χ4n) is 10.7. The average Bonchev–Trinajstić information content (AvgIpc) is 3.11. The van der Waals surface area contributed by atoms with Gasteiger partial charge in [-0.25, -0.2) is 0 Å². The lowest BCUT2D eigenvalue weighted by Crippen LogP contribution is -2.64. The zero-order chi connectivity index (χ0) is 25.2. The van der Waals surface area contributed by atoms with Crippen LogP contribution in [0.4, 0.5) is 0 Å². The Morgan fingerprint density at radius 3 is 2.32 bits per heavy atom. The number of hydrogen-bond donors (Lipinski definition) is 1. The van der Waals surface area contributed by atoms with E-state index in [-0.39, 0.29) is 5.60 Å². The Bertz CT molecular complexity index is 761. The summed E-state index contributed by atoms with van der Waals surface area (Å²) in [5.41, 5.74) is 7.28. The van der Waals surface area contributed by atoms with E-state index in [0.717, 1.165) is 48.7 Å². The molecule has 0 radical (unpaired) electrons. The first-order chi connectivity index (χ1) is 15.8. The van der Waals surface area contributed by atoms with Crippen molar-refractivity contribution in [2.24, 2.45) is 62.9 Å². The van der Waals surface area contributed by atoms with Gasteiger partial charge in [-0.2, -0.15) is 0 Å². The molecule has 4 rings (SSSR count). The van der Waals surface area contributed by atoms with E-state index in [2.05, 4.69) is 55.4 Å². The lowest BCUT2D eigenvalue weighted by Gasteiger charge is -2.70. The zero-order valence-electron chi connectivity index (χ0n) is 23.7. The molecule has 0 aliphatic heterocycles. The molecule has 0 spiro atoms. The molecule has 4 saturated carbocycles. The highest BCUT2D eigenvalue weighted by Gasteiger charge is 2.69. The lowest BCUT2D eigenvalue weighted by molar-refractivity contribution is -0.228. The van der Waals surface area contributed by atoms with Crippen LogP contribution in [0.1, 0.15) is 113 Å². The van der Waals surface area contributed by atoms with Crippen LogP contribution in [-0.4, -0.2) is 25.0 Å². The van der Waals surface area contributed by atoms with Crippen molar-refractivity contribution in [1.29, 1.82) is 0 Å². The third kappa shape index (κ3) is 3.94. The molecule has 0 saturated heterocycles. The quantitative estimate of drug-likeness (QED) is 0.396. The summed E-state index contributed by atoms with van der Waals surface area (Å²) < 4.78 is 6.37. The van der Waals surface area contributed by atoms with Gasteiger partial charge in [-0.1, -0.05) is 48.5 Å². The Morgan fingerprint density at radius 1 is 0.971 bits per heavy atom. The summed E-state index contributed by atoms with van der Waals surface area (Å²) >= 11 is 0. The molecule has 0 amide bonds. The van der Waals surface area contributed by atoms with Gasteiger partial charge in [0.25, 0.3) is 0 Å². The molecule has 3 heteroatoms. The van der Waals surface area contributed by atoms with Gasteiger partial charge in [-0.05, 0) is 115 Å². The Labute approximate surface area is 210 Å². The number of carbonyl (C=O) groups is 1. The van der Waals surface area contributed by atoms with Crippen LogP contribution in [0.5, 0.6) is 0 Å². The summed E-state index contributed by atoms with van der Waals surface area (Å²) in [7, 11) is 0. The van der Waals surface area contributed by atoms with Crippen molar-refractivity contribution in [3.05, 3.63) is 0 Å². The fourth-order valence-corrected chi connectivity index (χ4v) is 10.7. The lowest BCUT2D eigenvalue weighted by atomic mass is 9.35. The van der Waals surface area contributed by atoms with E-state index in [0.29, 0.717) is 40.7 Å². The van der Waals surface area contributed by atoms with Gasteiger partial charge in [0, 0.05) is 13.0 Å². The first-order valence-corrected chi connectivity index (χ1v) is 14.5. The molecule has 196 valence electrons. The van der Waals surface area contributed by atoms with Gasteiger partial charge in [0.2, 0.25) is 0 Å². The van der Waals surface area contributed by atoms with Crippen molar-refractivity contribution < 1.29 is 9.53 Å². The molecule has 4 aliphatic rings. The summed E-state index contributed by atoms with van der Waals surface area (Å²) in [4.78, 5) is 11.1. The van der Waals surface area contributed by atoms with E-state index < -0.39 is 0 Å². The van der Waals surface area contributed by atoms with Gasteiger partial charge in [0.05, 0.1) is 12.2 Å². The summed E-state index contributed by atoms with van der Waals surface area (Å²) in [5.74, 6) is 4.54. The predicted molar refractivity (Wildman–Crippen MR) is 141 cm³/mol. The zero-order valence-corrected chi connectivity index (χ0v) is 23.7. The van der Waals surface area contributed by atoms with Gasteiger partial charge >= 0.3 is 0 Å². The highest BCUT2D eigenvalue weighted by molar-refractivity contribution is 5.49. The molecule has 2 N–H and O–H groups in total. The van der Waals surface area contributed by atoms with Gasteiger partial charge < -0.3 is 15.3 Å². The third-order valence-electron chi connectivity index (χ3n) is 12.7. The van der Waals surface area contributed by atoms with Crippen LogP contribution in [0.2, 0.25) is 0 Å². The Morgan fingerprint density at radius 2 is 1.68 bits per heavy atom. The molecule has 0 aromatic rings. The highest BCUT2D eigenvalue weighted by atomic mass is 16.5. The second kappa shape index (κ2) is 8.86. The molecule has 0 heterocycles. The molecule has 34 heavy (non-hydrogen) atoms. The van der Waals surface area contributed by atoms with Crippen LogP contribution in [0, 0.1) is 57.2 Å². The monoisotopic (exact) mass is 473 g/mol. The largest absolute Gasteiger partial charge is 0.374 e. The second-order valence-corrected chi connectivity index (χ2v) is 15.2. The van der Waals surface area contributed by atoms with Crippen LogP contribution < -0.4 is 5.73 Å². The average molecular weight is 474 g/mol. The molecule has 0 aromatic heterocycles. The minimum atomic E-state index is -0.00235. The number of nitrogens with two attached hydrogens (primary N) is 1. The van der Waals surface area contributed by atoms with Crippen molar-refractivity contribution in [1.82, 2.24) is 0 Å². The minimum absolute atomic E-state index is 0.00235. The molecular weight excluding hydrogens is 418 g/mol.